The summed E-state index contributed by atoms with van der Waals surface area (Å²) in [7, 11) is 0. The summed E-state index contributed by atoms with van der Waals surface area (Å²) in [5, 5.41) is 6.62. The fraction of sp³-hybridized carbons (Fsp3) is 0.583. The molecule has 2 atom stereocenters. The van der Waals surface area contributed by atoms with Crippen molar-refractivity contribution in [3.8, 4) is 0 Å². The standard InChI is InChI=1S/C12H15N3O2/c16-11-9-3-1-2-4-10(9)12(17)15(11)7-8-5-6-13-14-8/h5-6,9-10H,1-4,7H2,(H,13,14). The van der Waals surface area contributed by atoms with Crippen LogP contribution in [-0.4, -0.2) is 26.9 Å². The van der Waals surface area contributed by atoms with Crippen LogP contribution in [0.5, 0.6) is 0 Å². The minimum Gasteiger partial charge on any atom is -0.281 e. The van der Waals surface area contributed by atoms with Gasteiger partial charge >= 0.3 is 0 Å². The van der Waals surface area contributed by atoms with Crippen LogP contribution < -0.4 is 0 Å². The third-order valence-electron chi connectivity index (χ3n) is 3.82. The molecule has 1 aliphatic heterocycles. The molecule has 5 nitrogen and oxygen atoms in total. The molecule has 1 saturated carbocycles. The Bertz CT molecular complexity index is 417. The number of imide groups is 1. The van der Waals surface area contributed by atoms with Crippen molar-refractivity contribution in [2.24, 2.45) is 11.8 Å². The molecule has 0 spiro atoms. The van der Waals surface area contributed by atoms with Gasteiger partial charge in [0.25, 0.3) is 0 Å². The first-order valence-electron chi connectivity index (χ1n) is 6.11. The second-order valence-corrected chi connectivity index (χ2v) is 4.84. The maximum absolute atomic E-state index is 12.1. The molecule has 1 aromatic heterocycles. The monoisotopic (exact) mass is 233 g/mol. The molecule has 0 radical (unpaired) electrons. The quantitative estimate of drug-likeness (QED) is 0.777. The Kier molecular flexibility index (Phi) is 2.46. The Labute approximate surface area is 99.2 Å². The van der Waals surface area contributed by atoms with E-state index in [1.54, 1.807) is 12.3 Å². The molecule has 2 aliphatic rings. The van der Waals surface area contributed by atoms with E-state index in [1.165, 1.54) is 4.90 Å². The summed E-state index contributed by atoms with van der Waals surface area (Å²) in [5.74, 6) is -0.0954. The molecule has 2 amide bonds. The van der Waals surface area contributed by atoms with Crippen LogP contribution in [0.4, 0.5) is 0 Å². The van der Waals surface area contributed by atoms with Gasteiger partial charge in [-0.15, -0.1) is 0 Å². The Balaban J connectivity index is 1.81. The lowest BCUT2D eigenvalue weighted by molar-refractivity contribution is -0.140. The zero-order chi connectivity index (χ0) is 11.8. The molecule has 3 rings (SSSR count). The normalized spacial score (nSPS) is 28.6. The molecule has 5 heteroatoms. The van der Waals surface area contributed by atoms with Crippen LogP contribution >= 0.6 is 0 Å². The van der Waals surface area contributed by atoms with Crippen molar-refractivity contribution in [2.75, 3.05) is 0 Å². The predicted molar refractivity (Wildman–Crippen MR) is 59.6 cm³/mol. The maximum atomic E-state index is 12.1. The van der Waals surface area contributed by atoms with Crippen molar-refractivity contribution in [1.82, 2.24) is 15.1 Å². The van der Waals surface area contributed by atoms with Crippen LogP contribution in [0.1, 0.15) is 31.4 Å². The number of nitrogens with zero attached hydrogens (tertiary/aromatic N) is 2. The van der Waals surface area contributed by atoms with Crippen LogP contribution in [0.25, 0.3) is 0 Å². The molecule has 2 unspecified atom stereocenters. The first-order valence-corrected chi connectivity index (χ1v) is 6.11. The van der Waals surface area contributed by atoms with E-state index in [-0.39, 0.29) is 23.7 Å². The van der Waals surface area contributed by atoms with Crippen molar-refractivity contribution in [3.05, 3.63) is 18.0 Å². The van der Waals surface area contributed by atoms with Gasteiger partial charge in [0.15, 0.2) is 0 Å². The smallest absolute Gasteiger partial charge is 0.233 e. The van der Waals surface area contributed by atoms with Gasteiger partial charge < -0.3 is 0 Å². The number of rotatable bonds is 2. The van der Waals surface area contributed by atoms with Gasteiger partial charge in [0.2, 0.25) is 11.8 Å². The van der Waals surface area contributed by atoms with E-state index in [9.17, 15) is 9.59 Å². The van der Waals surface area contributed by atoms with E-state index in [2.05, 4.69) is 10.2 Å². The minimum absolute atomic E-state index is 0.00861. The molecular weight excluding hydrogens is 218 g/mol. The third kappa shape index (κ3) is 1.66. The highest BCUT2D eigenvalue weighted by Gasteiger charge is 2.47. The number of aromatic nitrogens is 2. The van der Waals surface area contributed by atoms with Crippen molar-refractivity contribution in [1.29, 1.82) is 0 Å². The van der Waals surface area contributed by atoms with Gasteiger partial charge in [-0.3, -0.25) is 19.6 Å². The van der Waals surface area contributed by atoms with Gasteiger partial charge in [0.1, 0.15) is 0 Å². The zero-order valence-corrected chi connectivity index (χ0v) is 9.56. The summed E-state index contributed by atoms with van der Waals surface area (Å²) in [6, 6.07) is 1.79. The highest BCUT2D eigenvalue weighted by molar-refractivity contribution is 6.05. The molecule has 2 heterocycles. The number of fused-ring (bicyclic) bond motifs is 1. The number of hydrogen-bond acceptors (Lipinski definition) is 3. The Morgan fingerprint density at radius 1 is 1.24 bits per heavy atom. The SMILES string of the molecule is O=C1C2CCCCC2C(=O)N1Cc1ccn[nH]1. The number of carbonyl (C=O) groups excluding carboxylic acids is 2. The molecule has 1 aliphatic carbocycles. The third-order valence-corrected chi connectivity index (χ3v) is 3.82. The molecule has 1 saturated heterocycles. The number of H-pyrrole nitrogens is 1. The van der Waals surface area contributed by atoms with Crippen molar-refractivity contribution >= 4 is 11.8 Å². The largest absolute Gasteiger partial charge is 0.281 e. The van der Waals surface area contributed by atoms with Gasteiger partial charge in [-0.1, -0.05) is 12.8 Å². The van der Waals surface area contributed by atoms with Gasteiger partial charge in [-0.25, -0.2) is 0 Å². The summed E-state index contributed by atoms with van der Waals surface area (Å²) >= 11 is 0. The van der Waals surface area contributed by atoms with Crippen LogP contribution in [0.15, 0.2) is 12.3 Å². The number of aromatic amines is 1. The number of carbonyl (C=O) groups is 2. The summed E-state index contributed by atoms with van der Waals surface area (Å²) in [6.07, 6.45) is 5.51. The van der Waals surface area contributed by atoms with E-state index in [0.717, 1.165) is 31.4 Å². The van der Waals surface area contributed by atoms with Crippen molar-refractivity contribution in [3.63, 3.8) is 0 Å². The average molecular weight is 233 g/mol. The molecular formula is C12H15N3O2. The molecule has 1 aromatic rings. The van der Waals surface area contributed by atoms with Gasteiger partial charge in [-0.2, -0.15) is 5.10 Å². The highest BCUT2D eigenvalue weighted by atomic mass is 16.2. The topological polar surface area (TPSA) is 66.1 Å². The van der Waals surface area contributed by atoms with E-state index in [4.69, 9.17) is 0 Å². The average Bonchev–Trinajstić information content (AvgIpc) is 2.94. The minimum atomic E-state index is -0.0563. The first kappa shape index (κ1) is 10.5. The predicted octanol–water partition coefficient (Wildman–Crippen LogP) is 1.08. The maximum Gasteiger partial charge on any atom is 0.233 e. The summed E-state index contributed by atoms with van der Waals surface area (Å²) in [6.45, 7) is 0.338. The Morgan fingerprint density at radius 3 is 2.41 bits per heavy atom. The van der Waals surface area contributed by atoms with E-state index in [1.807, 2.05) is 0 Å². The van der Waals surface area contributed by atoms with Crippen LogP contribution in [-0.2, 0) is 16.1 Å². The van der Waals surface area contributed by atoms with Crippen LogP contribution in [0, 0.1) is 11.8 Å². The fourth-order valence-electron chi connectivity index (χ4n) is 2.93. The molecule has 17 heavy (non-hydrogen) atoms. The second-order valence-electron chi connectivity index (χ2n) is 4.84. The molecule has 2 fully saturated rings. The zero-order valence-electron chi connectivity index (χ0n) is 9.56. The van der Waals surface area contributed by atoms with Crippen molar-refractivity contribution in [2.45, 2.75) is 32.2 Å². The number of nitrogens with one attached hydrogen (secondary N) is 1. The summed E-state index contributed by atoms with van der Waals surface area (Å²) in [4.78, 5) is 25.7. The fourth-order valence-corrected chi connectivity index (χ4v) is 2.93. The molecule has 0 bridgehead atoms. The molecule has 0 aromatic carbocycles. The molecule has 90 valence electrons. The Morgan fingerprint density at radius 2 is 1.88 bits per heavy atom. The summed E-state index contributed by atoms with van der Waals surface area (Å²) < 4.78 is 0. The summed E-state index contributed by atoms with van der Waals surface area (Å²) in [5.41, 5.74) is 0.811. The lowest BCUT2D eigenvalue weighted by atomic mass is 9.81. The number of hydrogen-bond donors (Lipinski definition) is 1. The van der Waals surface area contributed by atoms with E-state index in [0.29, 0.717) is 6.54 Å². The molecule has 1 N–H and O–H groups in total. The highest BCUT2D eigenvalue weighted by Crippen LogP contribution is 2.38. The van der Waals surface area contributed by atoms with Crippen molar-refractivity contribution < 1.29 is 9.59 Å². The number of amides is 2. The van der Waals surface area contributed by atoms with Crippen LogP contribution in [0.2, 0.25) is 0 Å². The van der Waals surface area contributed by atoms with Gasteiger partial charge in [0, 0.05) is 6.20 Å². The Hall–Kier alpha value is -1.65. The second kappa shape index (κ2) is 3.98. The van der Waals surface area contributed by atoms with E-state index < -0.39 is 0 Å². The number of likely N-dealkylation sites (tertiary alicyclic amines) is 1. The first-order chi connectivity index (χ1) is 8.27. The van der Waals surface area contributed by atoms with Crippen LogP contribution in [0.3, 0.4) is 0 Å². The lowest BCUT2D eigenvalue weighted by Crippen LogP contribution is -2.30. The lowest BCUT2D eigenvalue weighted by Gasteiger charge is -2.19. The van der Waals surface area contributed by atoms with Gasteiger partial charge in [-0.05, 0) is 18.9 Å². The van der Waals surface area contributed by atoms with Gasteiger partial charge in [0.05, 0.1) is 24.1 Å². The van der Waals surface area contributed by atoms with E-state index >= 15 is 0 Å².